The minimum Gasteiger partial charge on any atom is -0.379 e. The zero-order valence-corrected chi connectivity index (χ0v) is 19.4. The van der Waals surface area contributed by atoms with Gasteiger partial charge in [0, 0.05) is 46.9 Å². The Hall–Kier alpha value is -0.120. The fraction of sp³-hybridized carbons (Fsp3) is 0.944. The van der Waals surface area contributed by atoms with Crippen LogP contribution >= 0.6 is 24.0 Å². The summed E-state index contributed by atoms with van der Waals surface area (Å²) in [6, 6.07) is 0. The number of methoxy groups -OCH3 is 1. The highest BCUT2D eigenvalue weighted by atomic mass is 127. The van der Waals surface area contributed by atoms with Gasteiger partial charge in [-0.05, 0) is 25.7 Å². The molecular formula is C18H39IN4O2. The van der Waals surface area contributed by atoms with Crippen LogP contribution < -0.4 is 10.6 Å². The number of nitrogens with zero attached hydrogens (tertiary/aromatic N) is 2. The van der Waals surface area contributed by atoms with Crippen LogP contribution in [0.5, 0.6) is 0 Å². The normalized spacial score (nSPS) is 23.7. The molecule has 3 atom stereocenters. The first-order chi connectivity index (χ1) is 11.3. The van der Waals surface area contributed by atoms with E-state index in [9.17, 15) is 0 Å². The van der Waals surface area contributed by atoms with Crippen molar-refractivity contribution < 1.29 is 9.47 Å². The van der Waals surface area contributed by atoms with Crippen LogP contribution in [0, 0.1) is 5.41 Å². The highest BCUT2D eigenvalue weighted by molar-refractivity contribution is 14.0. The van der Waals surface area contributed by atoms with Crippen molar-refractivity contribution >= 4 is 29.9 Å². The molecular weight excluding hydrogens is 431 g/mol. The van der Waals surface area contributed by atoms with E-state index in [0.29, 0.717) is 12.2 Å². The maximum absolute atomic E-state index is 5.77. The molecule has 1 aliphatic rings. The Labute approximate surface area is 171 Å². The molecule has 0 bridgehead atoms. The summed E-state index contributed by atoms with van der Waals surface area (Å²) in [6.07, 6.45) is 1.90. The molecule has 150 valence electrons. The third kappa shape index (κ3) is 9.96. The minimum absolute atomic E-state index is 0. The summed E-state index contributed by atoms with van der Waals surface area (Å²) in [5.74, 6) is 0.838. The number of aliphatic imine (C=N–C) groups is 1. The molecule has 7 heteroatoms. The summed E-state index contributed by atoms with van der Waals surface area (Å²) in [5, 5.41) is 6.75. The van der Waals surface area contributed by atoms with Gasteiger partial charge in [-0.15, -0.1) is 24.0 Å². The molecule has 0 aromatic rings. The van der Waals surface area contributed by atoms with Crippen LogP contribution in [-0.4, -0.2) is 76.1 Å². The van der Waals surface area contributed by atoms with Gasteiger partial charge in [-0.25, -0.2) is 0 Å². The van der Waals surface area contributed by atoms with E-state index in [4.69, 9.17) is 9.47 Å². The molecule has 0 amide bonds. The van der Waals surface area contributed by atoms with E-state index in [-0.39, 0.29) is 35.5 Å². The van der Waals surface area contributed by atoms with Crippen LogP contribution in [0.1, 0.15) is 41.0 Å². The number of nitrogens with one attached hydrogen (secondary N) is 2. The lowest BCUT2D eigenvalue weighted by Crippen LogP contribution is -2.47. The monoisotopic (exact) mass is 470 g/mol. The van der Waals surface area contributed by atoms with Crippen molar-refractivity contribution in [2.75, 3.05) is 46.9 Å². The molecule has 0 aromatic heterocycles. The lowest BCUT2D eigenvalue weighted by Gasteiger charge is -2.35. The van der Waals surface area contributed by atoms with Crippen molar-refractivity contribution in [3.8, 4) is 0 Å². The summed E-state index contributed by atoms with van der Waals surface area (Å²) in [7, 11) is 3.57. The van der Waals surface area contributed by atoms with E-state index < -0.39 is 0 Å². The summed E-state index contributed by atoms with van der Waals surface area (Å²) in [4.78, 5) is 6.77. The van der Waals surface area contributed by atoms with E-state index >= 15 is 0 Å². The SMILES string of the molecule is CN=C(NCCCN1CC(C)OC(C)C1)NCC(OC)C(C)(C)C.I. The number of halogens is 1. The Morgan fingerprint density at radius 2 is 1.84 bits per heavy atom. The molecule has 0 aromatic carbocycles. The zero-order valence-electron chi connectivity index (χ0n) is 17.1. The van der Waals surface area contributed by atoms with Gasteiger partial charge in [0.25, 0.3) is 0 Å². The van der Waals surface area contributed by atoms with Crippen LogP contribution in [0.4, 0.5) is 0 Å². The first kappa shape index (κ1) is 24.9. The van der Waals surface area contributed by atoms with Crippen molar-refractivity contribution in [3.63, 3.8) is 0 Å². The molecule has 1 heterocycles. The smallest absolute Gasteiger partial charge is 0.191 e. The second-order valence-corrected chi connectivity index (χ2v) is 7.84. The van der Waals surface area contributed by atoms with Gasteiger partial charge in [-0.3, -0.25) is 9.89 Å². The summed E-state index contributed by atoms with van der Waals surface area (Å²) in [5.41, 5.74) is 0.102. The van der Waals surface area contributed by atoms with E-state index in [1.807, 2.05) is 0 Å². The zero-order chi connectivity index (χ0) is 18.2. The lowest BCUT2D eigenvalue weighted by atomic mass is 9.89. The molecule has 1 saturated heterocycles. The van der Waals surface area contributed by atoms with Gasteiger partial charge in [0.15, 0.2) is 5.96 Å². The molecule has 25 heavy (non-hydrogen) atoms. The molecule has 0 spiro atoms. The van der Waals surface area contributed by atoms with Crippen LogP contribution in [-0.2, 0) is 9.47 Å². The van der Waals surface area contributed by atoms with Gasteiger partial charge < -0.3 is 20.1 Å². The fourth-order valence-corrected chi connectivity index (χ4v) is 3.13. The molecule has 1 fully saturated rings. The Kier molecular flexibility index (Phi) is 12.2. The maximum atomic E-state index is 5.77. The fourth-order valence-electron chi connectivity index (χ4n) is 3.13. The van der Waals surface area contributed by atoms with E-state index in [1.165, 1.54) is 0 Å². The standard InChI is InChI=1S/C18H38N4O2.HI/c1-14-12-22(13-15(2)24-14)10-8-9-20-17(19-6)21-11-16(23-7)18(3,4)5;/h14-16H,8-13H2,1-7H3,(H2,19,20,21);1H. The molecule has 0 radical (unpaired) electrons. The molecule has 0 aliphatic carbocycles. The van der Waals surface area contributed by atoms with Crippen LogP contribution in [0.2, 0.25) is 0 Å². The van der Waals surface area contributed by atoms with E-state index in [0.717, 1.165) is 45.1 Å². The average molecular weight is 470 g/mol. The number of ether oxygens (including phenoxy) is 2. The van der Waals surface area contributed by atoms with Crippen molar-refractivity contribution in [1.29, 1.82) is 0 Å². The van der Waals surface area contributed by atoms with Crippen LogP contribution in [0.3, 0.4) is 0 Å². The number of guanidine groups is 1. The maximum Gasteiger partial charge on any atom is 0.191 e. The van der Waals surface area contributed by atoms with Gasteiger partial charge >= 0.3 is 0 Å². The molecule has 1 aliphatic heterocycles. The van der Waals surface area contributed by atoms with Crippen molar-refractivity contribution in [2.45, 2.75) is 59.4 Å². The summed E-state index contributed by atoms with van der Waals surface area (Å²) >= 11 is 0. The summed E-state index contributed by atoms with van der Waals surface area (Å²) in [6.45, 7) is 15.6. The van der Waals surface area contributed by atoms with Gasteiger partial charge in [0.2, 0.25) is 0 Å². The Morgan fingerprint density at radius 1 is 1.24 bits per heavy atom. The van der Waals surface area contributed by atoms with Gasteiger partial charge in [-0.2, -0.15) is 0 Å². The predicted molar refractivity (Wildman–Crippen MR) is 116 cm³/mol. The topological polar surface area (TPSA) is 58.1 Å². The predicted octanol–water partition coefficient (Wildman–Crippen LogP) is 2.33. The quantitative estimate of drug-likeness (QED) is 0.259. The minimum atomic E-state index is 0. The second kappa shape index (κ2) is 12.3. The Morgan fingerprint density at radius 3 is 2.32 bits per heavy atom. The van der Waals surface area contributed by atoms with Crippen LogP contribution in [0.25, 0.3) is 0 Å². The second-order valence-electron chi connectivity index (χ2n) is 7.84. The van der Waals surface area contributed by atoms with E-state index in [1.54, 1.807) is 14.2 Å². The summed E-state index contributed by atoms with van der Waals surface area (Å²) < 4.78 is 11.3. The third-order valence-corrected chi connectivity index (χ3v) is 4.37. The number of morpholine rings is 1. The molecule has 0 saturated carbocycles. The number of rotatable bonds is 7. The third-order valence-electron chi connectivity index (χ3n) is 4.37. The van der Waals surface area contributed by atoms with Crippen molar-refractivity contribution in [1.82, 2.24) is 15.5 Å². The highest BCUT2D eigenvalue weighted by Crippen LogP contribution is 2.20. The molecule has 6 nitrogen and oxygen atoms in total. The number of hydrogen-bond donors (Lipinski definition) is 2. The Balaban J connectivity index is 0.00000576. The molecule has 2 N–H and O–H groups in total. The lowest BCUT2D eigenvalue weighted by molar-refractivity contribution is -0.0679. The van der Waals surface area contributed by atoms with Gasteiger partial charge in [0.05, 0.1) is 18.3 Å². The van der Waals surface area contributed by atoms with E-state index in [2.05, 4.69) is 55.1 Å². The molecule has 3 unspecified atom stereocenters. The Bertz CT molecular complexity index is 378. The number of hydrogen-bond acceptors (Lipinski definition) is 4. The largest absolute Gasteiger partial charge is 0.379 e. The van der Waals surface area contributed by atoms with Crippen molar-refractivity contribution in [2.24, 2.45) is 10.4 Å². The average Bonchev–Trinajstić information content (AvgIpc) is 2.47. The molecule has 1 rings (SSSR count). The first-order valence-corrected chi connectivity index (χ1v) is 9.11. The van der Waals surface area contributed by atoms with Gasteiger partial charge in [-0.1, -0.05) is 20.8 Å². The van der Waals surface area contributed by atoms with Gasteiger partial charge in [0.1, 0.15) is 0 Å². The van der Waals surface area contributed by atoms with Crippen LogP contribution in [0.15, 0.2) is 4.99 Å². The van der Waals surface area contributed by atoms with Crippen molar-refractivity contribution in [3.05, 3.63) is 0 Å². The highest BCUT2D eigenvalue weighted by Gasteiger charge is 2.24. The first-order valence-electron chi connectivity index (χ1n) is 9.11.